The van der Waals surface area contributed by atoms with Crippen LogP contribution in [0.3, 0.4) is 0 Å². The van der Waals surface area contributed by atoms with Gasteiger partial charge in [0.1, 0.15) is 0 Å². The summed E-state index contributed by atoms with van der Waals surface area (Å²) in [7, 11) is 0. The SMILES string of the molecule is CCN(Cc1cc(=O)[nH]c2c(C)cc(C)cc12)C(=O)Nc1cccc(Cl)c1. The number of nitrogens with zero attached hydrogens (tertiary/aromatic N) is 1. The van der Waals surface area contributed by atoms with Crippen molar-refractivity contribution in [3.63, 3.8) is 0 Å². The van der Waals surface area contributed by atoms with Gasteiger partial charge in [0, 0.05) is 35.3 Å². The highest BCUT2D eigenvalue weighted by atomic mass is 35.5. The molecular formula is C21H22ClN3O2. The Hall–Kier alpha value is -2.79. The van der Waals surface area contributed by atoms with Gasteiger partial charge < -0.3 is 15.2 Å². The van der Waals surface area contributed by atoms with Crippen LogP contribution in [0.25, 0.3) is 10.9 Å². The number of anilines is 1. The van der Waals surface area contributed by atoms with Crippen LogP contribution in [0.1, 0.15) is 23.6 Å². The fraction of sp³-hybridized carbons (Fsp3) is 0.238. The molecule has 3 aromatic rings. The summed E-state index contributed by atoms with van der Waals surface area (Å²) in [6.45, 7) is 6.74. The third kappa shape index (κ3) is 4.31. The molecule has 0 atom stereocenters. The molecule has 5 nitrogen and oxygen atoms in total. The van der Waals surface area contributed by atoms with Crippen molar-refractivity contribution < 1.29 is 4.79 Å². The normalized spacial score (nSPS) is 10.8. The lowest BCUT2D eigenvalue weighted by Crippen LogP contribution is -2.34. The number of aromatic nitrogens is 1. The summed E-state index contributed by atoms with van der Waals surface area (Å²) in [5.41, 5.74) is 4.22. The summed E-state index contributed by atoms with van der Waals surface area (Å²) in [4.78, 5) is 29.4. The molecule has 27 heavy (non-hydrogen) atoms. The van der Waals surface area contributed by atoms with Crippen LogP contribution in [-0.4, -0.2) is 22.5 Å². The van der Waals surface area contributed by atoms with Crippen molar-refractivity contribution in [2.24, 2.45) is 0 Å². The molecule has 0 bridgehead atoms. The van der Waals surface area contributed by atoms with Gasteiger partial charge in [-0.05, 0) is 56.2 Å². The highest BCUT2D eigenvalue weighted by molar-refractivity contribution is 6.30. The molecule has 6 heteroatoms. The summed E-state index contributed by atoms with van der Waals surface area (Å²) in [6, 6.07) is 12.4. The van der Waals surface area contributed by atoms with Crippen LogP contribution in [0, 0.1) is 13.8 Å². The highest BCUT2D eigenvalue weighted by Gasteiger charge is 2.15. The Kier molecular flexibility index (Phi) is 5.51. The van der Waals surface area contributed by atoms with Crippen LogP contribution in [0.15, 0.2) is 47.3 Å². The second-order valence-corrected chi connectivity index (χ2v) is 7.05. The summed E-state index contributed by atoms with van der Waals surface area (Å²) < 4.78 is 0. The molecular weight excluding hydrogens is 362 g/mol. The maximum atomic E-state index is 12.7. The van der Waals surface area contributed by atoms with E-state index in [9.17, 15) is 9.59 Å². The number of hydrogen-bond acceptors (Lipinski definition) is 2. The molecule has 2 aromatic carbocycles. The number of benzene rings is 2. The zero-order valence-electron chi connectivity index (χ0n) is 15.6. The molecule has 0 saturated carbocycles. The molecule has 2 N–H and O–H groups in total. The number of urea groups is 1. The van der Waals surface area contributed by atoms with Gasteiger partial charge in [-0.1, -0.05) is 29.3 Å². The first kappa shape index (κ1) is 19.0. The van der Waals surface area contributed by atoms with Gasteiger partial charge in [-0.15, -0.1) is 0 Å². The van der Waals surface area contributed by atoms with Gasteiger partial charge in [0.15, 0.2) is 0 Å². The Morgan fingerprint density at radius 1 is 1.19 bits per heavy atom. The minimum absolute atomic E-state index is 0.171. The zero-order chi connectivity index (χ0) is 19.6. The predicted octanol–water partition coefficient (Wildman–Crippen LogP) is 4.85. The van der Waals surface area contributed by atoms with E-state index in [4.69, 9.17) is 11.6 Å². The van der Waals surface area contributed by atoms with E-state index < -0.39 is 0 Å². The third-order valence-electron chi connectivity index (χ3n) is 4.49. The van der Waals surface area contributed by atoms with Crippen molar-refractivity contribution >= 4 is 34.2 Å². The van der Waals surface area contributed by atoms with Gasteiger partial charge in [0.2, 0.25) is 5.56 Å². The Labute approximate surface area is 163 Å². The Bertz CT molecular complexity index is 1060. The first-order chi connectivity index (χ1) is 12.9. The summed E-state index contributed by atoms with van der Waals surface area (Å²) in [5, 5.41) is 4.37. The molecule has 0 fully saturated rings. The first-order valence-electron chi connectivity index (χ1n) is 8.82. The second-order valence-electron chi connectivity index (χ2n) is 6.62. The predicted molar refractivity (Wildman–Crippen MR) is 111 cm³/mol. The number of hydrogen-bond donors (Lipinski definition) is 2. The van der Waals surface area contributed by atoms with E-state index in [1.54, 1.807) is 35.2 Å². The van der Waals surface area contributed by atoms with E-state index in [0.29, 0.717) is 23.8 Å². The number of H-pyrrole nitrogens is 1. The number of fused-ring (bicyclic) bond motifs is 1. The maximum absolute atomic E-state index is 12.7. The molecule has 0 aliphatic carbocycles. The molecule has 3 rings (SSSR count). The Morgan fingerprint density at radius 3 is 2.67 bits per heavy atom. The Morgan fingerprint density at radius 2 is 1.96 bits per heavy atom. The van der Waals surface area contributed by atoms with E-state index in [1.165, 1.54) is 0 Å². The quantitative estimate of drug-likeness (QED) is 0.676. The van der Waals surface area contributed by atoms with Crippen molar-refractivity contribution in [1.29, 1.82) is 0 Å². The molecule has 0 saturated heterocycles. The van der Waals surface area contributed by atoms with Crippen LogP contribution in [0.4, 0.5) is 10.5 Å². The Balaban J connectivity index is 1.92. The summed E-state index contributed by atoms with van der Waals surface area (Å²) in [5.74, 6) is 0. The molecule has 0 radical (unpaired) electrons. The molecule has 0 aliphatic heterocycles. The van der Waals surface area contributed by atoms with E-state index in [0.717, 1.165) is 27.6 Å². The number of carbonyl (C=O) groups excluding carboxylic acids is 1. The highest BCUT2D eigenvalue weighted by Crippen LogP contribution is 2.22. The van der Waals surface area contributed by atoms with Crippen LogP contribution in [-0.2, 0) is 6.54 Å². The van der Waals surface area contributed by atoms with Gasteiger partial charge in [-0.25, -0.2) is 4.79 Å². The molecule has 1 heterocycles. The van der Waals surface area contributed by atoms with Gasteiger partial charge in [0.25, 0.3) is 0 Å². The topological polar surface area (TPSA) is 65.2 Å². The van der Waals surface area contributed by atoms with Crippen molar-refractivity contribution in [2.45, 2.75) is 27.3 Å². The number of pyridine rings is 1. The molecule has 0 unspecified atom stereocenters. The average molecular weight is 384 g/mol. The largest absolute Gasteiger partial charge is 0.322 e. The monoisotopic (exact) mass is 383 g/mol. The fourth-order valence-electron chi connectivity index (χ4n) is 3.21. The zero-order valence-corrected chi connectivity index (χ0v) is 16.4. The smallest absolute Gasteiger partial charge is 0.322 e. The minimum Gasteiger partial charge on any atom is -0.322 e. The number of aromatic amines is 1. The lowest BCUT2D eigenvalue weighted by molar-refractivity contribution is 0.212. The van der Waals surface area contributed by atoms with Crippen molar-refractivity contribution in [2.75, 3.05) is 11.9 Å². The van der Waals surface area contributed by atoms with Gasteiger partial charge in [-0.3, -0.25) is 4.79 Å². The van der Waals surface area contributed by atoms with Gasteiger partial charge in [-0.2, -0.15) is 0 Å². The van der Waals surface area contributed by atoms with E-state index in [1.807, 2.05) is 32.9 Å². The number of nitrogens with one attached hydrogen (secondary N) is 2. The maximum Gasteiger partial charge on any atom is 0.322 e. The first-order valence-corrected chi connectivity index (χ1v) is 9.20. The van der Waals surface area contributed by atoms with Crippen molar-refractivity contribution in [1.82, 2.24) is 9.88 Å². The number of aryl methyl sites for hydroxylation is 2. The summed E-state index contributed by atoms with van der Waals surface area (Å²) >= 11 is 5.98. The summed E-state index contributed by atoms with van der Waals surface area (Å²) in [6.07, 6.45) is 0. The van der Waals surface area contributed by atoms with Crippen LogP contribution >= 0.6 is 11.6 Å². The molecule has 2 amide bonds. The molecule has 0 aliphatic rings. The molecule has 140 valence electrons. The van der Waals surface area contributed by atoms with Crippen LogP contribution < -0.4 is 10.9 Å². The van der Waals surface area contributed by atoms with E-state index >= 15 is 0 Å². The van der Waals surface area contributed by atoms with Crippen molar-refractivity contribution in [3.8, 4) is 0 Å². The van der Waals surface area contributed by atoms with Gasteiger partial charge >= 0.3 is 6.03 Å². The number of amides is 2. The lowest BCUT2D eigenvalue weighted by atomic mass is 10.0. The fourth-order valence-corrected chi connectivity index (χ4v) is 3.40. The molecule has 1 aromatic heterocycles. The molecule has 0 spiro atoms. The van der Waals surface area contributed by atoms with E-state index in [-0.39, 0.29) is 11.6 Å². The number of halogens is 1. The van der Waals surface area contributed by atoms with E-state index in [2.05, 4.69) is 10.3 Å². The lowest BCUT2D eigenvalue weighted by Gasteiger charge is -2.22. The number of carbonyl (C=O) groups is 1. The second kappa shape index (κ2) is 7.84. The van der Waals surface area contributed by atoms with Crippen molar-refractivity contribution in [3.05, 3.63) is 74.5 Å². The van der Waals surface area contributed by atoms with Crippen LogP contribution in [0.2, 0.25) is 5.02 Å². The minimum atomic E-state index is -0.238. The standard InChI is InChI=1S/C21H22ClN3O2/c1-4-25(21(27)23-17-7-5-6-16(22)11-17)12-15-10-19(26)24-20-14(3)8-13(2)9-18(15)20/h5-11H,4,12H2,1-3H3,(H,23,27)(H,24,26). The average Bonchev–Trinajstić information content (AvgIpc) is 2.60. The van der Waals surface area contributed by atoms with Gasteiger partial charge in [0.05, 0.1) is 5.52 Å². The van der Waals surface area contributed by atoms with Crippen LogP contribution in [0.5, 0.6) is 0 Å². The number of rotatable bonds is 4. The third-order valence-corrected chi connectivity index (χ3v) is 4.72.